The second-order valence-electron chi connectivity index (χ2n) is 5.40. The Morgan fingerprint density at radius 2 is 2.06 bits per heavy atom. The Morgan fingerprint density at radius 1 is 1.22 bits per heavy atom. The average Bonchev–Trinajstić information content (AvgIpc) is 2.80. The SMILES string of the molecule is Fc1ccc2c(c1)CCC2NCC1CCOCC1. The molecule has 1 aromatic rings. The van der Waals surface area contributed by atoms with Gasteiger partial charge in [-0.1, -0.05) is 6.07 Å². The molecule has 0 spiro atoms. The van der Waals surface area contributed by atoms with Crippen molar-refractivity contribution in [2.45, 2.75) is 31.7 Å². The van der Waals surface area contributed by atoms with Crippen LogP contribution < -0.4 is 5.32 Å². The van der Waals surface area contributed by atoms with Crippen LogP contribution in [0.4, 0.5) is 4.39 Å². The summed E-state index contributed by atoms with van der Waals surface area (Å²) in [4.78, 5) is 0. The van der Waals surface area contributed by atoms with Crippen LogP contribution in [-0.4, -0.2) is 19.8 Å². The van der Waals surface area contributed by atoms with Gasteiger partial charge >= 0.3 is 0 Å². The van der Waals surface area contributed by atoms with Crippen molar-refractivity contribution < 1.29 is 9.13 Å². The molecule has 2 nitrogen and oxygen atoms in total. The van der Waals surface area contributed by atoms with Crippen LogP contribution in [0.3, 0.4) is 0 Å². The largest absolute Gasteiger partial charge is 0.381 e. The van der Waals surface area contributed by atoms with Crippen molar-refractivity contribution in [3.63, 3.8) is 0 Å². The molecule has 1 unspecified atom stereocenters. The van der Waals surface area contributed by atoms with E-state index in [9.17, 15) is 4.39 Å². The van der Waals surface area contributed by atoms with E-state index in [2.05, 4.69) is 5.32 Å². The minimum absolute atomic E-state index is 0.112. The normalized spacial score (nSPS) is 24.2. The molecule has 1 aromatic carbocycles. The van der Waals surface area contributed by atoms with E-state index in [4.69, 9.17) is 4.74 Å². The molecular weight excluding hydrogens is 229 g/mol. The fraction of sp³-hybridized carbons (Fsp3) is 0.600. The van der Waals surface area contributed by atoms with Gasteiger partial charge in [-0.3, -0.25) is 0 Å². The third-order valence-electron chi connectivity index (χ3n) is 4.18. The van der Waals surface area contributed by atoms with E-state index >= 15 is 0 Å². The Labute approximate surface area is 108 Å². The van der Waals surface area contributed by atoms with Gasteiger partial charge in [0, 0.05) is 19.3 Å². The molecule has 18 heavy (non-hydrogen) atoms. The number of nitrogens with one attached hydrogen (secondary N) is 1. The van der Waals surface area contributed by atoms with Gasteiger partial charge in [-0.05, 0) is 61.4 Å². The maximum Gasteiger partial charge on any atom is 0.123 e. The molecular formula is C15H20FNO. The highest BCUT2D eigenvalue weighted by atomic mass is 19.1. The maximum atomic E-state index is 13.1. The molecule has 1 heterocycles. The Hall–Kier alpha value is -0.930. The lowest BCUT2D eigenvalue weighted by atomic mass is 9.99. The second-order valence-corrected chi connectivity index (χ2v) is 5.40. The van der Waals surface area contributed by atoms with Gasteiger partial charge in [0.25, 0.3) is 0 Å². The quantitative estimate of drug-likeness (QED) is 0.889. The summed E-state index contributed by atoms with van der Waals surface area (Å²) in [6, 6.07) is 5.63. The molecule has 1 aliphatic heterocycles. The van der Waals surface area contributed by atoms with Crippen molar-refractivity contribution in [1.82, 2.24) is 5.32 Å². The molecule has 98 valence electrons. The third kappa shape index (κ3) is 2.57. The van der Waals surface area contributed by atoms with Crippen molar-refractivity contribution >= 4 is 0 Å². The summed E-state index contributed by atoms with van der Waals surface area (Å²) in [7, 11) is 0. The van der Waals surface area contributed by atoms with Gasteiger partial charge in [-0.15, -0.1) is 0 Å². The average molecular weight is 249 g/mol. The van der Waals surface area contributed by atoms with Gasteiger partial charge in [-0.2, -0.15) is 0 Å². The van der Waals surface area contributed by atoms with Crippen molar-refractivity contribution in [2.75, 3.05) is 19.8 Å². The first-order chi connectivity index (χ1) is 8.83. The monoisotopic (exact) mass is 249 g/mol. The zero-order valence-electron chi connectivity index (χ0n) is 10.6. The standard InChI is InChI=1S/C15H20FNO/c16-13-2-3-14-12(9-13)1-4-15(14)17-10-11-5-7-18-8-6-11/h2-3,9,11,15,17H,1,4-8,10H2. The fourth-order valence-electron chi connectivity index (χ4n) is 3.06. The smallest absolute Gasteiger partial charge is 0.123 e. The van der Waals surface area contributed by atoms with Crippen LogP contribution in [-0.2, 0) is 11.2 Å². The zero-order chi connectivity index (χ0) is 12.4. The molecule has 0 saturated carbocycles. The van der Waals surface area contributed by atoms with E-state index in [0.29, 0.717) is 6.04 Å². The molecule has 3 rings (SSSR count). The molecule has 1 aliphatic carbocycles. The van der Waals surface area contributed by atoms with E-state index in [0.717, 1.165) is 51.4 Å². The lowest BCUT2D eigenvalue weighted by Crippen LogP contribution is -2.29. The second kappa shape index (κ2) is 5.37. The summed E-state index contributed by atoms with van der Waals surface area (Å²) in [5.74, 6) is 0.627. The van der Waals surface area contributed by atoms with E-state index in [1.54, 1.807) is 12.1 Å². The number of hydrogen-bond acceptors (Lipinski definition) is 2. The minimum Gasteiger partial charge on any atom is -0.381 e. The zero-order valence-corrected chi connectivity index (χ0v) is 10.6. The lowest BCUT2D eigenvalue weighted by molar-refractivity contribution is 0.0654. The molecule has 1 saturated heterocycles. The van der Waals surface area contributed by atoms with Crippen LogP contribution >= 0.6 is 0 Å². The van der Waals surface area contributed by atoms with Gasteiger partial charge in [0.15, 0.2) is 0 Å². The Bertz CT molecular complexity index is 415. The van der Waals surface area contributed by atoms with Crippen molar-refractivity contribution in [1.29, 1.82) is 0 Å². The number of benzene rings is 1. The Balaban J connectivity index is 1.59. The number of hydrogen-bond donors (Lipinski definition) is 1. The number of halogens is 1. The molecule has 1 N–H and O–H groups in total. The third-order valence-corrected chi connectivity index (χ3v) is 4.18. The highest BCUT2D eigenvalue weighted by Gasteiger charge is 2.23. The number of fused-ring (bicyclic) bond motifs is 1. The van der Waals surface area contributed by atoms with Crippen molar-refractivity contribution in [3.05, 3.63) is 35.1 Å². The van der Waals surface area contributed by atoms with Gasteiger partial charge < -0.3 is 10.1 Å². The Kier molecular flexibility index (Phi) is 3.62. The van der Waals surface area contributed by atoms with E-state index in [1.165, 1.54) is 11.1 Å². The summed E-state index contributed by atoms with van der Waals surface area (Å²) < 4.78 is 18.5. The summed E-state index contributed by atoms with van der Waals surface area (Å²) in [6.07, 6.45) is 4.42. The van der Waals surface area contributed by atoms with E-state index in [1.807, 2.05) is 6.07 Å². The maximum absolute atomic E-state index is 13.1. The predicted molar refractivity (Wildman–Crippen MR) is 69.0 cm³/mol. The first kappa shape index (κ1) is 12.1. The van der Waals surface area contributed by atoms with E-state index < -0.39 is 0 Å². The van der Waals surface area contributed by atoms with Crippen LogP contribution in [0.1, 0.15) is 36.4 Å². The molecule has 2 aliphatic rings. The number of ether oxygens (including phenoxy) is 1. The first-order valence-electron chi connectivity index (χ1n) is 6.92. The van der Waals surface area contributed by atoms with Crippen LogP contribution in [0.15, 0.2) is 18.2 Å². The molecule has 0 aromatic heterocycles. The Morgan fingerprint density at radius 3 is 2.89 bits per heavy atom. The highest BCUT2D eigenvalue weighted by molar-refractivity contribution is 5.34. The number of aryl methyl sites for hydroxylation is 1. The van der Waals surface area contributed by atoms with Gasteiger partial charge in [-0.25, -0.2) is 4.39 Å². The van der Waals surface area contributed by atoms with Crippen molar-refractivity contribution in [2.24, 2.45) is 5.92 Å². The molecule has 0 amide bonds. The predicted octanol–water partition coefficient (Wildman–Crippen LogP) is 2.83. The van der Waals surface area contributed by atoms with Crippen LogP contribution in [0.5, 0.6) is 0 Å². The number of rotatable bonds is 3. The van der Waals surface area contributed by atoms with Crippen LogP contribution in [0, 0.1) is 11.7 Å². The summed E-state index contributed by atoms with van der Waals surface area (Å²) in [6.45, 7) is 2.86. The van der Waals surface area contributed by atoms with Crippen LogP contribution in [0.25, 0.3) is 0 Å². The molecule has 1 atom stereocenters. The van der Waals surface area contributed by atoms with Gasteiger partial charge in [0.1, 0.15) is 5.82 Å². The van der Waals surface area contributed by atoms with E-state index in [-0.39, 0.29) is 5.82 Å². The highest BCUT2D eigenvalue weighted by Crippen LogP contribution is 2.31. The lowest BCUT2D eigenvalue weighted by Gasteiger charge is -2.24. The minimum atomic E-state index is -0.112. The fourth-order valence-corrected chi connectivity index (χ4v) is 3.06. The van der Waals surface area contributed by atoms with Crippen LogP contribution in [0.2, 0.25) is 0 Å². The molecule has 0 bridgehead atoms. The molecule has 1 fully saturated rings. The van der Waals surface area contributed by atoms with Crippen molar-refractivity contribution in [3.8, 4) is 0 Å². The first-order valence-corrected chi connectivity index (χ1v) is 6.92. The van der Waals surface area contributed by atoms with Gasteiger partial charge in [0.05, 0.1) is 0 Å². The summed E-state index contributed by atoms with van der Waals surface area (Å²) in [5.41, 5.74) is 2.47. The van der Waals surface area contributed by atoms with Gasteiger partial charge in [0.2, 0.25) is 0 Å². The molecule has 3 heteroatoms. The summed E-state index contributed by atoms with van der Waals surface area (Å²) >= 11 is 0. The topological polar surface area (TPSA) is 21.3 Å². The summed E-state index contributed by atoms with van der Waals surface area (Å²) in [5, 5.41) is 3.65. The molecule has 0 radical (unpaired) electrons.